The van der Waals surface area contributed by atoms with Crippen LogP contribution in [0.15, 0.2) is 30.4 Å². The van der Waals surface area contributed by atoms with Crippen LogP contribution in [-0.4, -0.2) is 34.3 Å². The van der Waals surface area contributed by atoms with Crippen molar-refractivity contribution >= 4 is 6.09 Å². The minimum Gasteiger partial charge on any atom is -0.465 e. The van der Waals surface area contributed by atoms with Gasteiger partial charge in [-0.1, -0.05) is 6.58 Å². The Hall–Kier alpha value is -1.95. The van der Waals surface area contributed by atoms with E-state index in [-0.39, 0.29) is 12.2 Å². The molecule has 126 valence electrons. The molecule has 1 amide bonds. The van der Waals surface area contributed by atoms with Gasteiger partial charge in [0.1, 0.15) is 17.7 Å². The number of hydrogen-bond acceptors (Lipinski definition) is 2. The van der Waals surface area contributed by atoms with Crippen molar-refractivity contribution in [3.63, 3.8) is 0 Å². The Labute approximate surface area is 134 Å². The van der Waals surface area contributed by atoms with Crippen LogP contribution in [0.4, 0.5) is 13.6 Å². The number of carboxylic acid groups (broad SMARTS) is 1. The van der Waals surface area contributed by atoms with Crippen molar-refractivity contribution < 1.29 is 23.4 Å². The summed E-state index contributed by atoms with van der Waals surface area (Å²) < 4.78 is 33.3. The fourth-order valence-electron chi connectivity index (χ4n) is 2.96. The number of rotatable bonds is 2. The van der Waals surface area contributed by atoms with E-state index in [1.54, 1.807) is 20.8 Å². The third kappa shape index (κ3) is 3.69. The molecule has 0 aromatic heterocycles. The highest BCUT2D eigenvalue weighted by atomic mass is 19.1. The van der Waals surface area contributed by atoms with Gasteiger partial charge in [0, 0.05) is 11.1 Å². The summed E-state index contributed by atoms with van der Waals surface area (Å²) >= 11 is 0. The topological polar surface area (TPSA) is 49.8 Å². The fraction of sp³-hybridized carbons (Fsp3) is 0.471. The van der Waals surface area contributed by atoms with E-state index in [9.17, 15) is 18.7 Å². The predicted octanol–water partition coefficient (Wildman–Crippen LogP) is 4.13. The molecule has 2 atom stereocenters. The zero-order valence-corrected chi connectivity index (χ0v) is 13.5. The molecule has 1 aromatic carbocycles. The number of hydrogen-bond donors (Lipinski definition) is 1. The average Bonchev–Trinajstić information content (AvgIpc) is 2.40. The van der Waals surface area contributed by atoms with E-state index in [0.717, 1.165) is 23.8 Å². The number of carbonyl (C=O) groups is 1. The zero-order valence-electron chi connectivity index (χ0n) is 13.5. The van der Waals surface area contributed by atoms with E-state index in [2.05, 4.69) is 6.58 Å². The summed E-state index contributed by atoms with van der Waals surface area (Å²) in [5, 5.41) is 9.61. The standard InChI is InChI=1S/C17H21F2NO3/c1-10-7-14(20(16(21)22)17(2,3)4)15(23-9-10)12-8-11(18)5-6-13(12)19/h5-6,8,14-15H,1,7,9H2,2-4H3,(H,21,22)/t14-,15-/m0/s1. The first kappa shape index (κ1) is 17.4. The Bertz CT molecular complexity index is 625. The first-order chi connectivity index (χ1) is 10.6. The quantitative estimate of drug-likeness (QED) is 0.832. The fourth-order valence-corrected chi connectivity index (χ4v) is 2.96. The molecule has 1 fully saturated rings. The molecule has 1 aliphatic rings. The third-order valence-electron chi connectivity index (χ3n) is 3.84. The first-order valence-electron chi connectivity index (χ1n) is 7.36. The minimum atomic E-state index is -1.14. The van der Waals surface area contributed by atoms with Crippen LogP contribution in [0, 0.1) is 11.6 Å². The summed E-state index contributed by atoms with van der Waals surface area (Å²) in [6, 6.07) is 2.43. The van der Waals surface area contributed by atoms with Gasteiger partial charge in [0.05, 0.1) is 12.6 Å². The molecule has 0 unspecified atom stereocenters. The lowest BCUT2D eigenvalue weighted by molar-refractivity contribution is -0.0493. The average molecular weight is 325 g/mol. The molecular formula is C17H21F2NO3. The van der Waals surface area contributed by atoms with Crippen LogP contribution in [0.5, 0.6) is 0 Å². The van der Waals surface area contributed by atoms with Gasteiger partial charge in [0.25, 0.3) is 0 Å². The summed E-state index contributed by atoms with van der Waals surface area (Å²) in [4.78, 5) is 13.0. The van der Waals surface area contributed by atoms with E-state index >= 15 is 0 Å². The number of ether oxygens (including phenoxy) is 1. The van der Waals surface area contributed by atoms with Crippen LogP contribution in [0.3, 0.4) is 0 Å². The van der Waals surface area contributed by atoms with Crippen LogP contribution in [-0.2, 0) is 4.74 Å². The lowest BCUT2D eigenvalue weighted by Gasteiger charge is -2.45. The lowest BCUT2D eigenvalue weighted by atomic mass is 9.89. The van der Waals surface area contributed by atoms with Crippen LogP contribution in [0.1, 0.15) is 38.9 Å². The smallest absolute Gasteiger partial charge is 0.408 e. The number of amides is 1. The monoisotopic (exact) mass is 325 g/mol. The van der Waals surface area contributed by atoms with Gasteiger partial charge in [-0.25, -0.2) is 13.6 Å². The second-order valence-corrected chi connectivity index (χ2v) is 6.74. The molecule has 1 saturated heterocycles. The summed E-state index contributed by atoms with van der Waals surface area (Å²) in [5.41, 5.74) is 0.0241. The highest BCUT2D eigenvalue weighted by molar-refractivity contribution is 5.67. The molecule has 0 aliphatic carbocycles. The van der Waals surface area contributed by atoms with Gasteiger partial charge in [-0.2, -0.15) is 0 Å². The van der Waals surface area contributed by atoms with Crippen LogP contribution in [0.25, 0.3) is 0 Å². The van der Waals surface area contributed by atoms with Gasteiger partial charge in [-0.05, 0) is 51.0 Å². The van der Waals surface area contributed by atoms with E-state index in [4.69, 9.17) is 4.74 Å². The third-order valence-corrected chi connectivity index (χ3v) is 3.84. The molecule has 4 nitrogen and oxygen atoms in total. The number of nitrogens with zero attached hydrogens (tertiary/aromatic N) is 1. The molecule has 1 aromatic rings. The Kier molecular flexibility index (Phi) is 4.75. The van der Waals surface area contributed by atoms with Gasteiger partial charge in [-0.15, -0.1) is 0 Å². The van der Waals surface area contributed by atoms with Crippen LogP contribution in [0.2, 0.25) is 0 Å². The van der Waals surface area contributed by atoms with Crippen molar-refractivity contribution in [3.05, 3.63) is 47.5 Å². The molecule has 1 aliphatic heterocycles. The first-order valence-corrected chi connectivity index (χ1v) is 7.36. The normalized spacial score (nSPS) is 22.0. The molecule has 0 bridgehead atoms. The maximum atomic E-state index is 14.2. The van der Waals surface area contributed by atoms with E-state index in [1.807, 2.05) is 0 Å². The number of halogens is 2. The molecule has 0 radical (unpaired) electrons. The highest BCUT2D eigenvalue weighted by Crippen LogP contribution is 2.38. The molecule has 0 saturated carbocycles. The van der Waals surface area contributed by atoms with Gasteiger partial charge in [-0.3, -0.25) is 4.90 Å². The molecule has 6 heteroatoms. The molecule has 0 spiro atoms. The van der Waals surface area contributed by atoms with E-state index in [0.29, 0.717) is 6.42 Å². The van der Waals surface area contributed by atoms with Gasteiger partial charge in [0.2, 0.25) is 0 Å². The van der Waals surface area contributed by atoms with Gasteiger partial charge < -0.3 is 9.84 Å². The molecule has 1 heterocycles. The minimum absolute atomic E-state index is 0.0259. The van der Waals surface area contributed by atoms with Crippen LogP contribution < -0.4 is 0 Å². The van der Waals surface area contributed by atoms with Crippen LogP contribution >= 0.6 is 0 Å². The second-order valence-electron chi connectivity index (χ2n) is 6.74. The second kappa shape index (κ2) is 6.28. The molecule has 23 heavy (non-hydrogen) atoms. The largest absolute Gasteiger partial charge is 0.465 e. The molecule has 2 rings (SSSR count). The Morgan fingerprint density at radius 2 is 2.04 bits per heavy atom. The Morgan fingerprint density at radius 3 is 2.61 bits per heavy atom. The zero-order chi connectivity index (χ0) is 17.4. The summed E-state index contributed by atoms with van der Waals surface area (Å²) in [6.07, 6.45) is -1.68. The van der Waals surface area contributed by atoms with Gasteiger partial charge >= 0.3 is 6.09 Å². The lowest BCUT2D eigenvalue weighted by Crippen LogP contribution is -2.55. The van der Waals surface area contributed by atoms with Gasteiger partial charge in [0.15, 0.2) is 0 Å². The molecular weight excluding hydrogens is 304 g/mol. The highest BCUT2D eigenvalue weighted by Gasteiger charge is 2.42. The van der Waals surface area contributed by atoms with Crippen molar-refractivity contribution in [2.24, 2.45) is 0 Å². The molecule has 1 N–H and O–H groups in total. The van der Waals surface area contributed by atoms with Crippen molar-refractivity contribution in [2.75, 3.05) is 6.61 Å². The van der Waals surface area contributed by atoms with Crippen molar-refractivity contribution in [2.45, 2.75) is 44.9 Å². The van der Waals surface area contributed by atoms with Crippen molar-refractivity contribution in [1.82, 2.24) is 4.90 Å². The summed E-state index contributed by atoms with van der Waals surface area (Å²) in [6.45, 7) is 9.28. The summed E-state index contributed by atoms with van der Waals surface area (Å²) in [5.74, 6) is -1.21. The Balaban J connectivity index is 2.49. The number of benzene rings is 1. The predicted molar refractivity (Wildman–Crippen MR) is 82.2 cm³/mol. The maximum absolute atomic E-state index is 14.2. The Morgan fingerprint density at radius 1 is 1.39 bits per heavy atom. The summed E-state index contributed by atoms with van der Waals surface area (Å²) in [7, 11) is 0. The SMILES string of the molecule is C=C1CO[C@@H](c2cc(F)ccc2F)[C@@H](N(C(=O)O)C(C)(C)C)C1. The van der Waals surface area contributed by atoms with Crippen molar-refractivity contribution in [1.29, 1.82) is 0 Å². The van der Waals surface area contributed by atoms with E-state index in [1.165, 1.54) is 4.90 Å². The maximum Gasteiger partial charge on any atom is 0.408 e. The van der Waals surface area contributed by atoms with E-state index < -0.39 is 35.4 Å². The van der Waals surface area contributed by atoms with Crippen molar-refractivity contribution in [3.8, 4) is 0 Å².